The third-order valence-corrected chi connectivity index (χ3v) is 8.22. The van der Waals surface area contributed by atoms with Gasteiger partial charge in [-0.3, -0.25) is 9.59 Å². The molecule has 0 atom stereocenters. The number of carbonyl (C=O) groups excluding carboxylic acids is 1. The van der Waals surface area contributed by atoms with Gasteiger partial charge in [0.1, 0.15) is 5.56 Å². The number of nitrogens with zero attached hydrogens (tertiary/aromatic N) is 3. The molecule has 8 heteroatoms. The Morgan fingerprint density at radius 1 is 0.882 bits per heavy atom. The number of piperazine rings is 1. The van der Waals surface area contributed by atoms with Crippen molar-refractivity contribution in [1.29, 1.82) is 0 Å². The maximum Gasteiger partial charge on any atom is 0.263 e. The van der Waals surface area contributed by atoms with Gasteiger partial charge in [0.15, 0.2) is 0 Å². The lowest BCUT2D eigenvalue weighted by atomic mass is 10.1. The lowest BCUT2D eigenvalue weighted by molar-refractivity contribution is 0.0695. The van der Waals surface area contributed by atoms with E-state index in [1.807, 2.05) is 44.2 Å². The van der Waals surface area contributed by atoms with E-state index in [1.165, 1.54) is 14.9 Å². The molecule has 1 saturated heterocycles. The second-order valence-corrected chi connectivity index (χ2v) is 10.7. The first-order valence-corrected chi connectivity index (χ1v) is 12.7. The molecule has 0 unspecified atom stereocenters. The average molecular weight is 480 g/mol. The summed E-state index contributed by atoms with van der Waals surface area (Å²) in [4.78, 5) is 28.0. The van der Waals surface area contributed by atoms with Crippen LogP contribution >= 0.6 is 0 Å². The SMILES string of the molecule is Cc1cccc(Cn2cccc(C(=O)N3CCN(S(=O)(=O)c4ccc(C)cc4C)CC3)c2=O)c1. The van der Waals surface area contributed by atoms with Crippen molar-refractivity contribution in [2.45, 2.75) is 32.2 Å². The minimum atomic E-state index is -3.65. The summed E-state index contributed by atoms with van der Waals surface area (Å²) in [5.74, 6) is -0.368. The summed E-state index contributed by atoms with van der Waals surface area (Å²) < 4.78 is 29.2. The molecular formula is C26H29N3O4S. The van der Waals surface area contributed by atoms with Crippen molar-refractivity contribution < 1.29 is 13.2 Å². The summed E-state index contributed by atoms with van der Waals surface area (Å²) in [6.45, 7) is 6.92. The minimum Gasteiger partial charge on any atom is -0.336 e. The zero-order valence-corrected chi connectivity index (χ0v) is 20.5. The van der Waals surface area contributed by atoms with Crippen LogP contribution in [0.25, 0.3) is 0 Å². The molecule has 178 valence electrons. The molecule has 1 fully saturated rings. The van der Waals surface area contributed by atoms with Gasteiger partial charge < -0.3 is 9.47 Å². The zero-order valence-electron chi connectivity index (χ0n) is 19.7. The van der Waals surface area contributed by atoms with Crippen molar-refractivity contribution in [1.82, 2.24) is 13.8 Å². The largest absolute Gasteiger partial charge is 0.336 e. The quantitative estimate of drug-likeness (QED) is 0.564. The van der Waals surface area contributed by atoms with Crippen LogP contribution in [0.5, 0.6) is 0 Å². The highest BCUT2D eigenvalue weighted by Gasteiger charge is 2.32. The number of sulfonamides is 1. The normalized spacial score (nSPS) is 14.9. The van der Waals surface area contributed by atoms with E-state index in [4.69, 9.17) is 0 Å². The Morgan fingerprint density at radius 3 is 2.26 bits per heavy atom. The monoisotopic (exact) mass is 479 g/mol. The lowest BCUT2D eigenvalue weighted by Crippen LogP contribution is -2.51. The first-order chi connectivity index (χ1) is 16.2. The van der Waals surface area contributed by atoms with Crippen LogP contribution in [0.15, 0.2) is 70.5 Å². The van der Waals surface area contributed by atoms with E-state index in [2.05, 4.69) is 0 Å². The standard InChI is InChI=1S/C26H29N3O4S/c1-19-6-4-7-22(17-19)18-28-11-5-8-23(26(28)31)25(30)27-12-14-29(15-13-27)34(32,33)24-10-9-20(2)16-21(24)3/h4-11,16-17H,12-15,18H2,1-3H3. The van der Waals surface area contributed by atoms with Gasteiger partial charge in [-0.15, -0.1) is 0 Å². The summed E-state index contributed by atoms with van der Waals surface area (Å²) in [6.07, 6.45) is 1.68. The van der Waals surface area contributed by atoms with Gasteiger partial charge in [-0.1, -0.05) is 47.5 Å². The predicted octanol–water partition coefficient (Wildman–Crippen LogP) is 2.97. The van der Waals surface area contributed by atoms with Crippen LogP contribution in [0, 0.1) is 20.8 Å². The van der Waals surface area contributed by atoms with Gasteiger partial charge in [0.25, 0.3) is 11.5 Å². The van der Waals surface area contributed by atoms with Gasteiger partial charge in [0.05, 0.1) is 11.4 Å². The number of benzene rings is 2. The first-order valence-electron chi connectivity index (χ1n) is 11.3. The number of hydrogen-bond acceptors (Lipinski definition) is 4. The second kappa shape index (κ2) is 9.56. The second-order valence-electron chi connectivity index (χ2n) is 8.81. The van der Waals surface area contributed by atoms with Gasteiger partial charge in [-0.05, 0) is 50.1 Å². The number of carbonyl (C=O) groups is 1. The van der Waals surface area contributed by atoms with Crippen LogP contribution in [-0.2, 0) is 16.6 Å². The van der Waals surface area contributed by atoms with E-state index in [0.717, 1.165) is 16.7 Å². The Balaban J connectivity index is 1.48. The van der Waals surface area contributed by atoms with E-state index in [0.29, 0.717) is 17.0 Å². The molecule has 2 aromatic carbocycles. The molecule has 0 spiro atoms. The van der Waals surface area contributed by atoms with Gasteiger partial charge in [0, 0.05) is 32.4 Å². The van der Waals surface area contributed by atoms with Gasteiger partial charge >= 0.3 is 0 Å². The molecule has 0 bridgehead atoms. The van der Waals surface area contributed by atoms with Crippen molar-refractivity contribution in [2.75, 3.05) is 26.2 Å². The maximum absolute atomic E-state index is 13.1. The van der Waals surface area contributed by atoms with Crippen LogP contribution < -0.4 is 5.56 Å². The number of hydrogen-bond donors (Lipinski definition) is 0. The molecule has 1 aliphatic rings. The zero-order chi connectivity index (χ0) is 24.5. The molecule has 0 aliphatic carbocycles. The fraction of sp³-hybridized carbons (Fsp3) is 0.308. The topological polar surface area (TPSA) is 79.7 Å². The number of amides is 1. The molecule has 7 nitrogen and oxygen atoms in total. The Kier molecular flexibility index (Phi) is 6.72. The molecule has 1 aromatic heterocycles. The molecule has 1 amide bonds. The van der Waals surface area contributed by atoms with Gasteiger partial charge in [-0.2, -0.15) is 4.31 Å². The molecule has 0 radical (unpaired) electrons. The van der Waals surface area contributed by atoms with E-state index in [1.54, 1.807) is 36.2 Å². The molecular weight excluding hydrogens is 450 g/mol. The molecule has 0 saturated carbocycles. The van der Waals surface area contributed by atoms with Gasteiger partial charge in [0.2, 0.25) is 10.0 Å². The van der Waals surface area contributed by atoms with E-state index in [-0.39, 0.29) is 43.2 Å². The molecule has 2 heterocycles. The summed E-state index contributed by atoms with van der Waals surface area (Å²) in [7, 11) is -3.65. The highest BCUT2D eigenvalue weighted by molar-refractivity contribution is 7.89. The van der Waals surface area contributed by atoms with Crippen molar-refractivity contribution >= 4 is 15.9 Å². The Hall–Kier alpha value is -3.23. The fourth-order valence-corrected chi connectivity index (χ4v) is 5.99. The number of pyridine rings is 1. The van der Waals surface area contributed by atoms with Crippen LogP contribution in [0.4, 0.5) is 0 Å². The highest BCUT2D eigenvalue weighted by Crippen LogP contribution is 2.22. The molecule has 1 aliphatic heterocycles. The summed E-state index contributed by atoms with van der Waals surface area (Å²) in [5, 5.41) is 0. The van der Waals surface area contributed by atoms with Crippen molar-refractivity contribution in [3.8, 4) is 0 Å². The van der Waals surface area contributed by atoms with Crippen molar-refractivity contribution in [3.63, 3.8) is 0 Å². The number of aryl methyl sites for hydroxylation is 3. The maximum atomic E-state index is 13.1. The summed E-state index contributed by atoms with van der Waals surface area (Å²) >= 11 is 0. The molecule has 0 N–H and O–H groups in total. The van der Waals surface area contributed by atoms with Crippen LogP contribution in [0.2, 0.25) is 0 Å². The van der Waals surface area contributed by atoms with Crippen molar-refractivity contribution in [3.05, 3.63) is 99.0 Å². The summed E-state index contributed by atoms with van der Waals surface area (Å²) in [5.41, 5.74) is 3.54. The van der Waals surface area contributed by atoms with Crippen LogP contribution in [-0.4, -0.2) is 54.3 Å². The number of aromatic nitrogens is 1. The fourth-order valence-electron chi connectivity index (χ4n) is 4.36. The van der Waals surface area contributed by atoms with E-state index >= 15 is 0 Å². The lowest BCUT2D eigenvalue weighted by Gasteiger charge is -2.34. The average Bonchev–Trinajstić information content (AvgIpc) is 2.80. The van der Waals surface area contributed by atoms with Crippen LogP contribution in [0.3, 0.4) is 0 Å². The number of rotatable bonds is 5. The van der Waals surface area contributed by atoms with Crippen molar-refractivity contribution in [2.24, 2.45) is 0 Å². The minimum absolute atomic E-state index is 0.0980. The van der Waals surface area contributed by atoms with E-state index in [9.17, 15) is 18.0 Å². The predicted molar refractivity (Wildman–Crippen MR) is 132 cm³/mol. The smallest absolute Gasteiger partial charge is 0.263 e. The Morgan fingerprint density at radius 2 is 1.59 bits per heavy atom. The molecule has 3 aromatic rings. The Labute approximate surface area is 200 Å². The summed E-state index contributed by atoms with van der Waals surface area (Å²) in [6, 6.07) is 16.4. The highest BCUT2D eigenvalue weighted by atomic mass is 32.2. The Bertz CT molecular complexity index is 1390. The molecule has 34 heavy (non-hydrogen) atoms. The van der Waals surface area contributed by atoms with Crippen LogP contribution in [0.1, 0.15) is 32.6 Å². The van der Waals surface area contributed by atoms with E-state index < -0.39 is 10.0 Å². The molecule has 4 rings (SSSR count). The third kappa shape index (κ3) is 4.83. The van der Waals surface area contributed by atoms with Gasteiger partial charge in [-0.25, -0.2) is 8.42 Å². The third-order valence-electron chi connectivity index (χ3n) is 6.16. The first kappa shape index (κ1) is 23.9.